The van der Waals surface area contributed by atoms with Gasteiger partial charge in [0.2, 0.25) is 0 Å². The minimum atomic E-state index is 0.163. The zero-order chi connectivity index (χ0) is 17.4. The number of thiocarbonyl (C=S) groups is 1. The van der Waals surface area contributed by atoms with E-state index < -0.39 is 0 Å². The molecule has 126 valence electrons. The van der Waals surface area contributed by atoms with Crippen molar-refractivity contribution in [3.8, 4) is 0 Å². The molecule has 0 saturated carbocycles. The summed E-state index contributed by atoms with van der Waals surface area (Å²) in [7, 11) is 0. The molecule has 1 aliphatic rings. The van der Waals surface area contributed by atoms with Crippen molar-refractivity contribution in [1.29, 1.82) is 0 Å². The van der Waals surface area contributed by atoms with Crippen molar-refractivity contribution in [1.82, 2.24) is 5.43 Å². The Morgan fingerprint density at radius 3 is 2.70 bits per heavy atom. The topological polar surface area (TPSA) is 53.6 Å². The van der Waals surface area contributed by atoms with E-state index in [0.717, 1.165) is 12.0 Å². The molecule has 1 aromatic carbocycles. The lowest BCUT2D eigenvalue weighted by Crippen LogP contribution is -2.51. The van der Waals surface area contributed by atoms with Crippen LogP contribution >= 0.6 is 12.2 Å². The van der Waals surface area contributed by atoms with Gasteiger partial charge in [-0.1, -0.05) is 6.92 Å². The summed E-state index contributed by atoms with van der Waals surface area (Å²) in [6.45, 7) is 13.6. The molecule has 0 fully saturated rings. The largest absolute Gasteiger partial charge is 0.375 e. The monoisotopic (exact) mass is 332 g/mol. The van der Waals surface area contributed by atoms with Crippen LogP contribution in [0.5, 0.6) is 0 Å². The van der Waals surface area contributed by atoms with Gasteiger partial charge >= 0.3 is 0 Å². The van der Waals surface area contributed by atoms with Crippen molar-refractivity contribution in [3.05, 3.63) is 28.8 Å². The minimum absolute atomic E-state index is 0.163. The Morgan fingerprint density at radius 2 is 2.13 bits per heavy atom. The first-order valence-electron chi connectivity index (χ1n) is 8.16. The third-order valence-corrected chi connectivity index (χ3v) is 4.65. The molecule has 4 nitrogen and oxygen atoms in total. The first-order chi connectivity index (χ1) is 10.6. The van der Waals surface area contributed by atoms with E-state index in [9.17, 15) is 0 Å². The van der Waals surface area contributed by atoms with E-state index >= 15 is 0 Å². The predicted molar refractivity (Wildman–Crippen MR) is 103 cm³/mol. The fraction of sp³-hybridized carbons (Fsp3) is 0.556. The maximum absolute atomic E-state index is 5.41. The molecule has 3 N–H and O–H groups in total. The molecule has 0 spiro atoms. The van der Waals surface area contributed by atoms with Crippen molar-refractivity contribution in [3.63, 3.8) is 0 Å². The Balaban J connectivity index is 2.48. The van der Waals surface area contributed by atoms with Gasteiger partial charge in [0.05, 0.1) is 6.21 Å². The number of benzene rings is 1. The second kappa shape index (κ2) is 6.48. The lowest BCUT2D eigenvalue weighted by molar-refractivity contribution is 0.356. The maximum Gasteiger partial charge on any atom is 0.184 e. The number of aryl methyl sites for hydroxylation is 1. The smallest absolute Gasteiger partial charge is 0.184 e. The number of anilines is 1. The summed E-state index contributed by atoms with van der Waals surface area (Å²) in [6.07, 6.45) is 2.93. The predicted octanol–water partition coefficient (Wildman–Crippen LogP) is 3.66. The van der Waals surface area contributed by atoms with Crippen molar-refractivity contribution < 1.29 is 0 Å². The number of nitrogens with one attached hydrogen (secondary N) is 1. The molecule has 2 rings (SSSR count). The fourth-order valence-corrected chi connectivity index (χ4v) is 3.95. The zero-order valence-electron chi connectivity index (χ0n) is 15.0. The highest BCUT2D eigenvalue weighted by atomic mass is 32.1. The van der Waals surface area contributed by atoms with Crippen molar-refractivity contribution in [2.75, 3.05) is 4.90 Å². The van der Waals surface area contributed by atoms with Gasteiger partial charge in [0.25, 0.3) is 0 Å². The van der Waals surface area contributed by atoms with Gasteiger partial charge in [-0.25, -0.2) is 0 Å². The Morgan fingerprint density at radius 1 is 1.48 bits per heavy atom. The maximum atomic E-state index is 5.41. The van der Waals surface area contributed by atoms with Crippen LogP contribution in [0.25, 0.3) is 0 Å². The molecule has 1 heterocycles. The minimum Gasteiger partial charge on any atom is -0.375 e. The van der Waals surface area contributed by atoms with Crippen LogP contribution in [0.15, 0.2) is 17.2 Å². The number of hydrazone groups is 1. The molecule has 23 heavy (non-hydrogen) atoms. The number of hydrogen-bond donors (Lipinski definition) is 2. The third-order valence-electron chi connectivity index (χ3n) is 4.56. The summed E-state index contributed by atoms with van der Waals surface area (Å²) in [5.41, 5.74) is 13.2. The second-order valence-corrected chi connectivity index (χ2v) is 7.82. The van der Waals surface area contributed by atoms with E-state index in [-0.39, 0.29) is 10.7 Å². The SMILES string of the molecule is Cc1cc2c(cc1/C=N\NC(N)=S)[C@H](C)CC(C)(C)N2C(C)C. The van der Waals surface area contributed by atoms with E-state index in [4.69, 9.17) is 18.0 Å². The standard InChI is InChI=1S/C18H28N4S/c1-11(2)22-16-7-12(3)14(10-20-21-17(19)23)8-15(16)13(4)9-18(22,5)6/h7-8,10-11,13H,9H2,1-6H3,(H3,19,21,23)/b20-10-/t13-/m1/s1. The molecular weight excluding hydrogens is 304 g/mol. The summed E-state index contributed by atoms with van der Waals surface area (Å²) in [6, 6.07) is 5.01. The highest BCUT2D eigenvalue weighted by molar-refractivity contribution is 7.80. The summed E-state index contributed by atoms with van der Waals surface area (Å²) in [5, 5.41) is 4.28. The van der Waals surface area contributed by atoms with E-state index in [0.29, 0.717) is 12.0 Å². The molecule has 0 aromatic heterocycles. The molecule has 1 aliphatic heterocycles. The van der Waals surface area contributed by atoms with Crippen molar-refractivity contribution in [2.24, 2.45) is 10.8 Å². The van der Waals surface area contributed by atoms with Crippen LogP contribution < -0.4 is 16.1 Å². The van der Waals surface area contributed by atoms with Crippen LogP contribution in [0.1, 0.15) is 63.6 Å². The second-order valence-electron chi connectivity index (χ2n) is 7.38. The van der Waals surface area contributed by atoms with Crippen LogP contribution in [-0.4, -0.2) is 22.9 Å². The quantitative estimate of drug-likeness (QED) is 0.504. The van der Waals surface area contributed by atoms with Gasteiger partial charge in [0.15, 0.2) is 5.11 Å². The first kappa shape index (κ1) is 17.7. The van der Waals surface area contributed by atoms with Crippen LogP contribution in [0.4, 0.5) is 5.69 Å². The van der Waals surface area contributed by atoms with Crippen LogP contribution in [0, 0.1) is 6.92 Å². The molecule has 0 unspecified atom stereocenters. The van der Waals surface area contributed by atoms with Gasteiger partial charge in [-0.2, -0.15) is 5.10 Å². The number of nitrogens with two attached hydrogens (primary N) is 1. The summed E-state index contributed by atoms with van der Waals surface area (Å²) in [4.78, 5) is 2.55. The average Bonchev–Trinajstić information content (AvgIpc) is 2.38. The summed E-state index contributed by atoms with van der Waals surface area (Å²) in [5.74, 6) is 0.520. The average molecular weight is 333 g/mol. The number of rotatable bonds is 3. The Kier molecular flexibility index (Phi) is 4.99. The van der Waals surface area contributed by atoms with Crippen molar-refractivity contribution in [2.45, 2.75) is 65.5 Å². The van der Waals surface area contributed by atoms with E-state index in [1.165, 1.54) is 16.8 Å². The van der Waals surface area contributed by atoms with Crippen molar-refractivity contribution >= 4 is 29.2 Å². The normalized spacial score (nSPS) is 20.0. The molecular formula is C18H28N4S. The zero-order valence-corrected chi connectivity index (χ0v) is 15.8. The van der Waals surface area contributed by atoms with Crippen LogP contribution in [-0.2, 0) is 0 Å². The van der Waals surface area contributed by atoms with E-state index in [1.807, 2.05) is 0 Å². The molecule has 5 heteroatoms. The van der Waals surface area contributed by atoms with Crippen LogP contribution in [0.3, 0.4) is 0 Å². The molecule has 0 bridgehead atoms. The Hall–Kier alpha value is -1.62. The van der Waals surface area contributed by atoms with E-state index in [2.05, 4.69) is 69.1 Å². The van der Waals surface area contributed by atoms with E-state index in [1.54, 1.807) is 6.21 Å². The molecule has 1 aromatic rings. The lowest BCUT2D eigenvalue weighted by atomic mass is 9.78. The first-order valence-corrected chi connectivity index (χ1v) is 8.56. The molecule has 1 atom stereocenters. The highest BCUT2D eigenvalue weighted by Gasteiger charge is 2.37. The van der Waals surface area contributed by atoms with Gasteiger partial charge in [0, 0.05) is 17.3 Å². The van der Waals surface area contributed by atoms with Gasteiger partial charge in [-0.3, -0.25) is 5.43 Å². The third kappa shape index (κ3) is 3.66. The van der Waals surface area contributed by atoms with Gasteiger partial charge in [0.1, 0.15) is 0 Å². The van der Waals surface area contributed by atoms with Gasteiger partial charge < -0.3 is 10.6 Å². The number of fused-ring (bicyclic) bond motifs is 1. The van der Waals surface area contributed by atoms with Gasteiger partial charge in [-0.15, -0.1) is 0 Å². The molecule has 0 amide bonds. The number of hydrogen-bond acceptors (Lipinski definition) is 3. The molecule has 0 radical (unpaired) electrons. The van der Waals surface area contributed by atoms with Crippen LogP contribution in [0.2, 0.25) is 0 Å². The molecule has 0 saturated heterocycles. The number of nitrogens with zero attached hydrogens (tertiary/aromatic N) is 2. The highest BCUT2D eigenvalue weighted by Crippen LogP contribution is 2.45. The Bertz CT molecular complexity index is 634. The fourth-order valence-electron chi connectivity index (χ4n) is 3.90. The molecule has 0 aliphatic carbocycles. The summed E-state index contributed by atoms with van der Waals surface area (Å²) < 4.78 is 0. The lowest BCUT2D eigenvalue weighted by Gasteiger charge is -2.50. The Labute approximate surface area is 145 Å². The summed E-state index contributed by atoms with van der Waals surface area (Å²) >= 11 is 4.78. The van der Waals surface area contributed by atoms with Gasteiger partial charge in [-0.05, 0) is 88.0 Å².